The molecule has 3 fully saturated rings. The first-order chi connectivity index (χ1) is 27.8. The molecular weight excluding hydrogens is 789 g/mol. The van der Waals surface area contributed by atoms with Gasteiger partial charge in [-0.15, -0.1) is 0 Å². The highest BCUT2D eigenvalue weighted by molar-refractivity contribution is 6.39. The van der Waals surface area contributed by atoms with E-state index in [2.05, 4.69) is 15.2 Å². The number of ether oxygens (including phenoxy) is 1. The number of carboxylic acid groups (broad SMARTS) is 1. The van der Waals surface area contributed by atoms with Crippen molar-refractivity contribution in [2.45, 2.75) is 70.3 Å². The van der Waals surface area contributed by atoms with Crippen LogP contribution in [0.1, 0.15) is 77.4 Å². The van der Waals surface area contributed by atoms with Gasteiger partial charge in [0.1, 0.15) is 23.4 Å². The topological polar surface area (TPSA) is 133 Å². The summed E-state index contributed by atoms with van der Waals surface area (Å²) in [6.07, 6.45) is 6.39. The van der Waals surface area contributed by atoms with Crippen molar-refractivity contribution in [2.24, 2.45) is 17.9 Å². The van der Waals surface area contributed by atoms with Crippen molar-refractivity contribution in [1.29, 1.82) is 0 Å². The van der Waals surface area contributed by atoms with E-state index in [9.17, 15) is 24.2 Å². The molecule has 2 atom stereocenters. The summed E-state index contributed by atoms with van der Waals surface area (Å²) < 4.78 is 36.9. The molecule has 0 radical (unpaired) electrons. The number of carboxylic acids is 1. The Labute approximate surface area is 345 Å². The van der Waals surface area contributed by atoms with Crippen molar-refractivity contribution in [3.63, 3.8) is 0 Å². The van der Waals surface area contributed by atoms with Crippen LogP contribution >= 0.6 is 23.2 Å². The SMILES string of the molecule is COc1cc(/C(F)=C/c2cccc(-c3cccc(NC(=O)c4nc5c(n4C)CCN(CCC46CCC(C(=O)O)(CC4)C6)C5)c3Cl)c2Cl)ncc1CN1C[C@@H](O)[C@H](F)C1. The number of amides is 1. The number of hydrogen-bond acceptors (Lipinski definition) is 8. The molecule has 58 heavy (non-hydrogen) atoms. The molecule has 2 aromatic carbocycles. The van der Waals surface area contributed by atoms with Gasteiger partial charge in [-0.1, -0.05) is 53.5 Å². The molecule has 0 unspecified atom stereocenters. The number of alkyl halides is 1. The Morgan fingerprint density at radius 2 is 1.81 bits per heavy atom. The number of β-amino-alcohol motifs (C(OH)–C–C–N with tert-alkyl or cyclic N) is 1. The van der Waals surface area contributed by atoms with Crippen LogP contribution in [0, 0.1) is 10.8 Å². The van der Waals surface area contributed by atoms with Crippen LogP contribution < -0.4 is 10.1 Å². The number of benzene rings is 2. The molecule has 2 aliphatic heterocycles. The van der Waals surface area contributed by atoms with E-state index in [0.29, 0.717) is 40.2 Å². The van der Waals surface area contributed by atoms with Crippen LogP contribution in [0.15, 0.2) is 48.7 Å². The maximum absolute atomic E-state index is 15.7. The van der Waals surface area contributed by atoms with Crippen molar-refractivity contribution in [3.8, 4) is 16.9 Å². The molecule has 1 saturated heterocycles. The number of aromatic nitrogens is 3. The van der Waals surface area contributed by atoms with Crippen LogP contribution in [0.3, 0.4) is 0 Å². The van der Waals surface area contributed by atoms with Crippen molar-refractivity contribution in [1.82, 2.24) is 24.3 Å². The van der Waals surface area contributed by atoms with Crippen LogP contribution in [-0.4, -0.2) is 92.0 Å². The van der Waals surface area contributed by atoms with Gasteiger partial charge < -0.3 is 24.8 Å². The first-order valence-corrected chi connectivity index (χ1v) is 20.4. The molecule has 2 saturated carbocycles. The summed E-state index contributed by atoms with van der Waals surface area (Å²) in [6.45, 7) is 2.89. The largest absolute Gasteiger partial charge is 0.496 e. The van der Waals surface area contributed by atoms with E-state index in [4.69, 9.17) is 32.9 Å². The number of hydrogen-bond donors (Lipinski definition) is 3. The number of likely N-dealkylation sites (tertiary alicyclic amines) is 1. The molecule has 1 amide bonds. The molecule has 0 spiro atoms. The maximum atomic E-state index is 15.7. The maximum Gasteiger partial charge on any atom is 0.309 e. The van der Waals surface area contributed by atoms with E-state index < -0.39 is 35.4 Å². The second-order valence-electron chi connectivity index (χ2n) is 16.4. The van der Waals surface area contributed by atoms with E-state index in [1.165, 1.54) is 25.4 Å². The van der Waals surface area contributed by atoms with Gasteiger partial charge in [0.25, 0.3) is 5.91 Å². The number of aliphatic carboxylic acids is 1. The fourth-order valence-electron chi connectivity index (χ4n) is 9.52. The fourth-order valence-corrected chi connectivity index (χ4v) is 10.1. The van der Waals surface area contributed by atoms with E-state index in [0.717, 1.165) is 69.4 Å². The van der Waals surface area contributed by atoms with Gasteiger partial charge in [0.05, 0.1) is 40.1 Å². The monoisotopic (exact) mass is 834 g/mol. The lowest BCUT2D eigenvalue weighted by Crippen LogP contribution is -2.34. The summed E-state index contributed by atoms with van der Waals surface area (Å²) in [4.78, 5) is 38.8. The Morgan fingerprint density at radius 1 is 1.07 bits per heavy atom. The number of nitrogens with zero attached hydrogens (tertiary/aromatic N) is 5. The van der Waals surface area contributed by atoms with Crippen LogP contribution in [0.25, 0.3) is 23.0 Å². The predicted molar refractivity (Wildman–Crippen MR) is 218 cm³/mol. The molecule has 4 aliphatic rings. The van der Waals surface area contributed by atoms with Crippen molar-refractivity contribution >= 4 is 52.7 Å². The lowest BCUT2D eigenvalue weighted by atomic mass is 9.80. The molecule has 2 bridgehead atoms. The Bertz CT molecular complexity index is 2280. The zero-order chi connectivity index (χ0) is 40.9. The number of fused-ring (bicyclic) bond motifs is 3. The zero-order valence-corrected chi connectivity index (χ0v) is 33.9. The molecule has 306 valence electrons. The first-order valence-electron chi connectivity index (χ1n) is 19.6. The standard InChI is InChI=1S/C43H46Cl2F2N6O5/c1-51-34-9-15-52(16-14-42-10-12-43(24-42,13-11-42)41(56)57)22-33(34)49-39(51)40(55)50-31-8-4-7-28(38(31)45)27-6-3-5-25(37(27)44)17-29(46)32-18-36(58-2)26(19-48-32)20-53-21-30(47)35(54)23-53/h3-8,17-19,30,35,54H,9-16,20-24H2,1-2H3,(H,50,55)(H,56,57)/b29-17-/t30-,35-,42?,43?/m1/s1. The van der Waals surface area contributed by atoms with E-state index in [-0.39, 0.29) is 46.6 Å². The predicted octanol–water partition coefficient (Wildman–Crippen LogP) is 7.82. The third-order valence-electron chi connectivity index (χ3n) is 12.9. The Kier molecular flexibility index (Phi) is 11.1. The average molecular weight is 836 g/mol. The number of carbonyl (C=O) groups is 2. The number of anilines is 1. The number of halogens is 4. The fraction of sp³-hybridized carbons (Fsp3) is 0.442. The lowest BCUT2D eigenvalue weighted by Gasteiger charge is -2.32. The van der Waals surface area contributed by atoms with E-state index in [1.54, 1.807) is 41.3 Å². The summed E-state index contributed by atoms with van der Waals surface area (Å²) in [6, 6.07) is 11.8. The molecule has 3 N–H and O–H groups in total. The number of pyridine rings is 1. The van der Waals surface area contributed by atoms with Gasteiger partial charge >= 0.3 is 5.97 Å². The number of methoxy groups -OCH3 is 1. The Morgan fingerprint density at radius 3 is 2.50 bits per heavy atom. The van der Waals surface area contributed by atoms with Crippen LogP contribution in [0.2, 0.25) is 10.0 Å². The summed E-state index contributed by atoms with van der Waals surface area (Å²) in [7, 11) is 3.30. The Balaban J connectivity index is 0.947. The summed E-state index contributed by atoms with van der Waals surface area (Å²) in [5.74, 6) is -1.06. The van der Waals surface area contributed by atoms with Crippen LogP contribution in [-0.2, 0) is 31.4 Å². The highest BCUT2D eigenvalue weighted by atomic mass is 35.5. The molecule has 2 aliphatic carbocycles. The van der Waals surface area contributed by atoms with Crippen molar-refractivity contribution in [2.75, 3.05) is 38.6 Å². The molecule has 8 rings (SSSR count). The van der Waals surface area contributed by atoms with Gasteiger partial charge in [-0.3, -0.25) is 24.4 Å². The number of aliphatic hydroxyl groups excluding tert-OH is 1. The molecule has 4 heterocycles. The van der Waals surface area contributed by atoms with Gasteiger partial charge in [0.2, 0.25) is 0 Å². The van der Waals surface area contributed by atoms with E-state index >= 15 is 4.39 Å². The van der Waals surface area contributed by atoms with Gasteiger partial charge in [0.15, 0.2) is 5.82 Å². The molecule has 2 aromatic heterocycles. The van der Waals surface area contributed by atoms with Gasteiger partial charge in [0, 0.05) is 80.8 Å². The minimum atomic E-state index is -1.33. The van der Waals surface area contributed by atoms with Crippen LogP contribution in [0.5, 0.6) is 5.75 Å². The minimum absolute atomic E-state index is 0.0179. The second-order valence-corrected chi connectivity index (χ2v) is 17.2. The molecular formula is C43H46Cl2F2N6O5. The number of rotatable bonds is 12. The third kappa shape index (κ3) is 7.63. The first kappa shape index (κ1) is 40.4. The lowest BCUT2D eigenvalue weighted by molar-refractivity contribution is -0.148. The molecule has 11 nitrogen and oxygen atoms in total. The Hall–Kier alpha value is -4.40. The number of aliphatic hydroxyl groups is 1. The number of imidazole rings is 1. The normalized spacial score (nSPS) is 24.6. The summed E-state index contributed by atoms with van der Waals surface area (Å²) in [5.41, 5.74) is 3.91. The highest BCUT2D eigenvalue weighted by Crippen LogP contribution is 2.63. The molecule has 4 aromatic rings. The quantitative estimate of drug-likeness (QED) is 0.131. The summed E-state index contributed by atoms with van der Waals surface area (Å²) >= 11 is 13.8. The average Bonchev–Trinajstić information content (AvgIpc) is 3.97. The van der Waals surface area contributed by atoms with Crippen LogP contribution in [0.4, 0.5) is 14.5 Å². The number of carbonyl (C=O) groups excluding carboxylic acids is 1. The van der Waals surface area contributed by atoms with Gasteiger partial charge in [-0.25, -0.2) is 13.8 Å². The number of nitrogens with one attached hydrogen (secondary N) is 1. The van der Waals surface area contributed by atoms with E-state index in [1.807, 2.05) is 11.6 Å². The zero-order valence-electron chi connectivity index (χ0n) is 32.4. The van der Waals surface area contributed by atoms with Crippen molar-refractivity contribution < 1.29 is 33.3 Å². The second kappa shape index (κ2) is 16.0. The minimum Gasteiger partial charge on any atom is -0.496 e. The smallest absolute Gasteiger partial charge is 0.309 e. The molecule has 15 heteroatoms. The summed E-state index contributed by atoms with van der Waals surface area (Å²) in [5, 5.41) is 23.0. The van der Waals surface area contributed by atoms with Crippen molar-refractivity contribution in [3.05, 3.63) is 92.7 Å². The highest BCUT2D eigenvalue weighted by Gasteiger charge is 2.57. The van der Waals surface area contributed by atoms with Gasteiger partial charge in [-0.2, -0.15) is 0 Å². The van der Waals surface area contributed by atoms with Gasteiger partial charge in [-0.05, 0) is 68.2 Å². The third-order valence-corrected chi connectivity index (χ3v) is 13.7.